The van der Waals surface area contributed by atoms with Crippen molar-refractivity contribution in [1.29, 1.82) is 0 Å². The molecule has 2 N–H and O–H groups in total. The molecule has 0 fully saturated rings. The number of ether oxygens (including phenoxy) is 1. The van der Waals surface area contributed by atoms with Crippen LogP contribution in [0.25, 0.3) is 0 Å². The third-order valence-corrected chi connectivity index (χ3v) is 2.52. The van der Waals surface area contributed by atoms with Gasteiger partial charge in [0.25, 0.3) is 0 Å². The number of carbonyl (C=O) groups excluding carboxylic acids is 1. The first-order chi connectivity index (χ1) is 7.61. The summed E-state index contributed by atoms with van der Waals surface area (Å²) >= 11 is 5.74. The van der Waals surface area contributed by atoms with E-state index in [2.05, 4.69) is 0 Å². The summed E-state index contributed by atoms with van der Waals surface area (Å²) in [6.45, 7) is 2.21. The van der Waals surface area contributed by atoms with Gasteiger partial charge in [0.1, 0.15) is 6.61 Å². The van der Waals surface area contributed by atoms with Gasteiger partial charge in [-0.3, -0.25) is 4.79 Å². The molecule has 1 aromatic rings. The predicted molar refractivity (Wildman–Crippen MR) is 64.1 cm³/mol. The van der Waals surface area contributed by atoms with Gasteiger partial charge in [-0.25, -0.2) is 0 Å². The van der Waals surface area contributed by atoms with E-state index in [1.54, 1.807) is 12.1 Å². The lowest BCUT2D eigenvalue weighted by Crippen LogP contribution is -2.23. The second kappa shape index (κ2) is 6.51. The molecule has 0 aromatic heterocycles. The second-order valence-electron chi connectivity index (χ2n) is 3.66. The number of hydrogen-bond acceptors (Lipinski definition) is 3. The molecule has 0 bridgehead atoms. The Labute approximate surface area is 101 Å². The zero-order valence-corrected chi connectivity index (χ0v) is 10.0. The van der Waals surface area contributed by atoms with Crippen LogP contribution >= 0.6 is 11.6 Å². The smallest absolute Gasteiger partial charge is 0.307 e. The van der Waals surface area contributed by atoms with Crippen LogP contribution in [0.2, 0.25) is 5.02 Å². The van der Waals surface area contributed by atoms with Gasteiger partial charge in [-0.05, 0) is 24.1 Å². The fraction of sp³-hybridized carbons (Fsp3) is 0.417. The first kappa shape index (κ1) is 13.0. The number of halogens is 1. The number of rotatable bonds is 5. The molecule has 1 atom stereocenters. The van der Waals surface area contributed by atoms with Crippen molar-refractivity contribution < 1.29 is 9.53 Å². The van der Waals surface area contributed by atoms with E-state index in [1.807, 2.05) is 19.1 Å². The van der Waals surface area contributed by atoms with E-state index in [4.69, 9.17) is 22.1 Å². The van der Waals surface area contributed by atoms with Crippen LogP contribution in [-0.4, -0.2) is 12.0 Å². The summed E-state index contributed by atoms with van der Waals surface area (Å²) in [5.74, 6) is -0.260. The summed E-state index contributed by atoms with van der Waals surface area (Å²) < 4.78 is 5.08. The Morgan fingerprint density at radius 2 is 2.06 bits per heavy atom. The van der Waals surface area contributed by atoms with Crippen LogP contribution in [0.4, 0.5) is 0 Å². The molecule has 0 spiro atoms. The molecule has 0 aliphatic carbocycles. The normalized spacial score (nSPS) is 12.2. The number of esters is 1. The van der Waals surface area contributed by atoms with E-state index in [1.165, 1.54) is 0 Å². The Kier molecular flexibility index (Phi) is 5.29. The molecule has 0 amide bonds. The maximum absolute atomic E-state index is 11.3. The summed E-state index contributed by atoms with van der Waals surface area (Å²) in [5.41, 5.74) is 6.56. The van der Waals surface area contributed by atoms with Gasteiger partial charge in [0.05, 0.1) is 6.42 Å². The molecule has 0 aliphatic rings. The Morgan fingerprint density at radius 1 is 1.44 bits per heavy atom. The molecule has 0 saturated carbocycles. The molecule has 16 heavy (non-hydrogen) atoms. The van der Waals surface area contributed by atoms with E-state index in [0.29, 0.717) is 5.02 Å². The highest BCUT2D eigenvalue weighted by Crippen LogP contribution is 2.10. The maximum Gasteiger partial charge on any atom is 0.307 e. The van der Waals surface area contributed by atoms with Crippen molar-refractivity contribution in [3.63, 3.8) is 0 Å². The largest absolute Gasteiger partial charge is 0.461 e. The van der Waals surface area contributed by atoms with Gasteiger partial charge in [-0.15, -0.1) is 0 Å². The molecular formula is C12H16ClNO2. The summed E-state index contributed by atoms with van der Waals surface area (Å²) in [6.07, 6.45) is 1.04. The van der Waals surface area contributed by atoms with Crippen LogP contribution in [0.15, 0.2) is 24.3 Å². The van der Waals surface area contributed by atoms with Crippen LogP contribution in [0.3, 0.4) is 0 Å². The highest BCUT2D eigenvalue weighted by Gasteiger charge is 2.08. The van der Waals surface area contributed by atoms with Crippen LogP contribution < -0.4 is 5.73 Å². The highest BCUT2D eigenvalue weighted by molar-refractivity contribution is 6.30. The Balaban J connectivity index is 2.34. The average Bonchev–Trinajstić information content (AvgIpc) is 2.28. The topological polar surface area (TPSA) is 52.3 Å². The number of carbonyl (C=O) groups is 1. The third kappa shape index (κ3) is 4.64. The van der Waals surface area contributed by atoms with Crippen LogP contribution in [-0.2, 0) is 16.1 Å². The minimum absolute atomic E-state index is 0.113. The fourth-order valence-electron chi connectivity index (χ4n) is 1.16. The number of nitrogens with two attached hydrogens (primary N) is 1. The van der Waals surface area contributed by atoms with Crippen LogP contribution in [0.5, 0.6) is 0 Å². The summed E-state index contributed by atoms with van der Waals surface area (Å²) in [7, 11) is 0. The van der Waals surface area contributed by atoms with Gasteiger partial charge in [0, 0.05) is 11.1 Å². The maximum atomic E-state index is 11.3. The van der Waals surface area contributed by atoms with Gasteiger partial charge < -0.3 is 10.5 Å². The first-order valence-corrected chi connectivity index (χ1v) is 5.65. The molecule has 1 rings (SSSR count). The molecule has 1 aromatic carbocycles. The second-order valence-corrected chi connectivity index (χ2v) is 4.10. The lowest BCUT2D eigenvalue weighted by Gasteiger charge is -2.08. The van der Waals surface area contributed by atoms with Crippen LogP contribution in [0.1, 0.15) is 25.3 Å². The molecule has 0 radical (unpaired) electrons. The van der Waals surface area contributed by atoms with Crippen molar-refractivity contribution in [3.05, 3.63) is 34.9 Å². The van der Waals surface area contributed by atoms with Gasteiger partial charge in [-0.2, -0.15) is 0 Å². The van der Waals surface area contributed by atoms with Crippen molar-refractivity contribution in [3.8, 4) is 0 Å². The molecule has 1 unspecified atom stereocenters. The lowest BCUT2D eigenvalue weighted by molar-refractivity contribution is -0.145. The van der Waals surface area contributed by atoms with E-state index in [9.17, 15) is 4.79 Å². The monoisotopic (exact) mass is 241 g/mol. The van der Waals surface area contributed by atoms with E-state index >= 15 is 0 Å². The summed E-state index contributed by atoms with van der Waals surface area (Å²) in [6, 6.07) is 7.08. The van der Waals surface area contributed by atoms with Crippen molar-refractivity contribution in [1.82, 2.24) is 0 Å². The van der Waals surface area contributed by atoms with Crippen molar-refractivity contribution in [2.45, 2.75) is 32.4 Å². The van der Waals surface area contributed by atoms with Gasteiger partial charge in [0.15, 0.2) is 0 Å². The minimum atomic E-state index is -0.260. The van der Waals surface area contributed by atoms with Gasteiger partial charge in [0.2, 0.25) is 0 Å². The molecule has 0 saturated heterocycles. The third-order valence-electron chi connectivity index (χ3n) is 2.27. The summed E-state index contributed by atoms with van der Waals surface area (Å²) in [5, 5.41) is 0.670. The molecule has 0 heterocycles. The Bertz CT molecular complexity index is 337. The standard InChI is InChI=1S/C12H16ClNO2/c1-2-11(14)7-12(15)16-8-9-3-5-10(13)6-4-9/h3-6,11H,2,7-8,14H2,1H3. The van der Waals surface area contributed by atoms with Crippen molar-refractivity contribution in [2.75, 3.05) is 0 Å². The Morgan fingerprint density at radius 3 is 2.62 bits per heavy atom. The first-order valence-electron chi connectivity index (χ1n) is 5.27. The lowest BCUT2D eigenvalue weighted by atomic mass is 10.2. The Hall–Kier alpha value is -1.06. The molecule has 4 heteroatoms. The van der Waals surface area contributed by atoms with Gasteiger partial charge >= 0.3 is 5.97 Å². The van der Waals surface area contributed by atoms with Gasteiger partial charge in [-0.1, -0.05) is 30.7 Å². The summed E-state index contributed by atoms with van der Waals surface area (Å²) in [4.78, 5) is 11.3. The molecular weight excluding hydrogens is 226 g/mol. The zero-order valence-electron chi connectivity index (χ0n) is 9.28. The zero-order chi connectivity index (χ0) is 12.0. The molecule has 3 nitrogen and oxygen atoms in total. The minimum Gasteiger partial charge on any atom is -0.461 e. The quantitative estimate of drug-likeness (QED) is 0.806. The van der Waals surface area contributed by atoms with Crippen molar-refractivity contribution in [2.24, 2.45) is 5.73 Å². The van der Waals surface area contributed by atoms with E-state index < -0.39 is 0 Å². The molecule has 0 aliphatic heterocycles. The number of benzene rings is 1. The average molecular weight is 242 g/mol. The predicted octanol–water partition coefficient (Wildman–Crippen LogP) is 2.51. The SMILES string of the molecule is CCC(N)CC(=O)OCc1ccc(Cl)cc1. The fourth-order valence-corrected chi connectivity index (χ4v) is 1.29. The number of hydrogen-bond donors (Lipinski definition) is 1. The van der Waals surface area contributed by atoms with E-state index in [-0.39, 0.29) is 25.0 Å². The van der Waals surface area contributed by atoms with E-state index in [0.717, 1.165) is 12.0 Å². The van der Waals surface area contributed by atoms with Crippen molar-refractivity contribution >= 4 is 17.6 Å². The van der Waals surface area contributed by atoms with Crippen LogP contribution in [0, 0.1) is 0 Å². The highest BCUT2D eigenvalue weighted by atomic mass is 35.5. The molecule has 88 valence electrons.